The molecule has 1 fully saturated rings. The first-order valence-corrected chi connectivity index (χ1v) is 10.9. The quantitative estimate of drug-likeness (QED) is 0.684. The highest BCUT2D eigenvalue weighted by atomic mass is 32.1. The number of esters is 2. The maximum absolute atomic E-state index is 12.7. The summed E-state index contributed by atoms with van der Waals surface area (Å²) in [5.74, 6) is -0.979. The number of anilines is 1. The molecule has 0 radical (unpaired) electrons. The number of fused-ring (bicyclic) bond motifs is 1. The van der Waals surface area contributed by atoms with E-state index in [-0.39, 0.29) is 36.2 Å². The SMILES string of the molecule is CCOC(=O)c1c(NC(=O)COC(=O)[C@@H]2C[C@H]2C)sc2c1CC(C)(C)[NH2+]C2(C)C. The van der Waals surface area contributed by atoms with E-state index in [1.807, 2.05) is 6.92 Å². The molecule has 1 aromatic rings. The first kappa shape index (κ1) is 21.8. The van der Waals surface area contributed by atoms with E-state index in [0.717, 1.165) is 16.9 Å². The Bertz CT molecular complexity index is 842. The second-order valence-corrected chi connectivity index (χ2v) is 10.4. The number of carbonyl (C=O) groups excluding carboxylic acids is 3. The summed E-state index contributed by atoms with van der Waals surface area (Å²) in [6, 6.07) is 0. The van der Waals surface area contributed by atoms with Gasteiger partial charge in [0, 0.05) is 6.42 Å². The van der Waals surface area contributed by atoms with Gasteiger partial charge in [0.1, 0.15) is 10.5 Å². The second kappa shape index (κ2) is 7.72. The van der Waals surface area contributed by atoms with Crippen LogP contribution in [0.4, 0.5) is 5.00 Å². The zero-order valence-electron chi connectivity index (χ0n) is 18.0. The lowest BCUT2D eigenvalue weighted by molar-refractivity contribution is -0.789. The van der Waals surface area contributed by atoms with Crippen LogP contribution in [0.5, 0.6) is 0 Å². The summed E-state index contributed by atoms with van der Waals surface area (Å²) in [7, 11) is 0. The number of carbonyl (C=O) groups is 3. The summed E-state index contributed by atoms with van der Waals surface area (Å²) >= 11 is 1.40. The van der Waals surface area contributed by atoms with Gasteiger partial charge in [0.2, 0.25) is 0 Å². The fourth-order valence-electron chi connectivity index (χ4n) is 4.27. The van der Waals surface area contributed by atoms with Crippen LogP contribution < -0.4 is 10.6 Å². The number of rotatable bonds is 6. The molecule has 2 atom stereocenters. The first-order valence-electron chi connectivity index (χ1n) is 10.1. The molecule has 7 nitrogen and oxygen atoms in total. The summed E-state index contributed by atoms with van der Waals surface area (Å²) in [4.78, 5) is 38.1. The highest BCUT2D eigenvalue weighted by molar-refractivity contribution is 7.17. The zero-order chi connectivity index (χ0) is 21.6. The molecule has 0 saturated heterocycles. The van der Waals surface area contributed by atoms with Crippen LogP contribution in [0.3, 0.4) is 0 Å². The van der Waals surface area contributed by atoms with Gasteiger partial charge in [-0.2, -0.15) is 0 Å². The molecule has 160 valence electrons. The average molecular weight is 424 g/mol. The zero-order valence-corrected chi connectivity index (χ0v) is 18.8. The molecule has 2 heterocycles. The topological polar surface area (TPSA) is 98.3 Å². The van der Waals surface area contributed by atoms with Gasteiger partial charge in [-0.1, -0.05) is 6.92 Å². The van der Waals surface area contributed by atoms with E-state index in [1.54, 1.807) is 6.92 Å². The van der Waals surface area contributed by atoms with E-state index in [1.165, 1.54) is 11.3 Å². The van der Waals surface area contributed by atoms with E-state index in [4.69, 9.17) is 9.47 Å². The number of amides is 1. The number of quaternary nitrogens is 1. The van der Waals surface area contributed by atoms with Gasteiger partial charge in [-0.15, -0.1) is 11.3 Å². The van der Waals surface area contributed by atoms with Crippen LogP contribution >= 0.6 is 11.3 Å². The Morgan fingerprint density at radius 2 is 1.86 bits per heavy atom. The molecular weight excluding hydrogens is 392 g/mol. The molecule has 3 rings (SSSR count). The molecule has 8 heteroatoms. The summed E-state index contributed by atoms with van der Waals surface area (Å²) in [5, 5.41) is 5.54. The van der Waals surface area contributed by atoms with Crippen molar-refractivity contribution in [2.24, 2.45) is 11.8 Å². The molecule has 3 N–H and O–H groups in total. The third-order valence-electron chi connectivity index (χ3n) is 5.47. The molecule has 0 aromatic carbocycles. The Kier molecular flexibility index (Phi) is 5.80. The van der Waals surface area contributed by atoms with E-state index >= 15 is 0 Å². The second-order valence-electron chi connectivity index (χ2n) is 9.34. The largest absolute Gasteiger partial charge is 0.462 e. The maximum atomic E-state index is 12.7. The van der Waals surface area contributed by atoms with Crippen molar-refractivity contribution in [3.05, 3.63) is 16.0 Å². The van der Waals surface area contributed by atoms with Crippen LogP contribution in [0, 0.1) is 11.8 Å². The van der Waals surface area contributed by atoms with Gasteiger partial charge in [0.15, 0.2) is 6.61 Å². The van der Waals surface area contributed by atoms with E-state index < -0.39 is 11.9 Å². The molecule has 29 heavy (non-hydrogen) atoms. The van der Waals surface area contributed by atoms with Crippen molar-refractivity contribution in [2.45, 2.75) is 65.5 Å². The molecular formula is C21H31N2O5S+. The highest BCUT2D eigenvalue weighted by Crippen LogP contribution is 2.42. The molecule has 2 aliphatic rings. The van der Waals surface area contributed by atoms with Gasteiger partial charge >= 0.3 is 11.9 Å². The van der Waals surface area contributed by atoms with Crippen LogP contribution in [-0.4, -0.2) is 36.6 Å². The molecule has 0 spiro atoms. The molecule has 1 aliphatic carbocycles. The van der Waals surface area contributed by atoms with Crippen molar-refractivity contribution in [3.63, 3.8) is 0 Å². The standard InChI is InChI=1S/C21H30N2O5S/c1-7-27-19(26)15-13-9-20(3,4)23-21(5,6)16(13)29-17(15)22-14(24)10-28-18(25)12-8-11(12)2/h11-12,23H,7-10H2,1-6H3,(H,22,24)/p+1/t11-,12-/m1/s1. The summed E-state index contributed by atoms with van der Waals surface area (Å²) < 4.78 is 10.4. The number of thiophene rings is 1. The lowest BCUT2D eigenvalue weighted by Crippen LogP contribution is -3.03. The minimum Gasteiger partial charge on any atom is -0.462 e. The number of hydrogen-bond acceptors (Lipinski definition) is 6. The lowest BCUT2D eigenvalue weighted by atomic mass is 9.81. The van der Waals surface area contributed by atoms with E-state index in [0.29, 0.717) is 22.9 Å². The monoisotopic (exact) mass is 423 g/mol. The van der Waals surface area contributed by atoms with Crippen molar-refractivity contribution in [1.82, 2.24) is 0 Å². The van der Waals surface area contributed by atoms with Crippen LogP contribution in [0.15, 0.2) is 0 Å². The molecule has 1 saturated carbocycles. The van der Waals surface area contributed by atoms with Crippen molar-refractivity contribution in [1.29, 1.82) is 0 Å². The van der Waals surface area contributed by atoms with Crippen LogP contribution in [0.2, 0.25) is 0 Å². The smallest absolute Gasteiger partial charge is 0.341 e. The van der Waals surface area contributed by atoms with Crippen LogP contribution in [0.1, 0.15) is 68.8 Å². The van der Waals surface area contributed by atoms with Crippen molar-refractivity contribution >= 4 is 34.2 Å². The molecule has 1 aromatic heterocycles. The highest BCUT2D eigenvalue weighted by Gasteiger charge is 2.45. The lowest BCUT2D eigenvalue weighted by Gasteiger charge is -2.38. The van der Waals surface area contributed by atoms with Gasteiger partial charge in [0.05, 0.1) is 28.5 Å². The Balaban J connectivity index is 1.84. The molecule has 1 aliphatic heterocycles. The first-order chi connectivity index (χ1) is 13.4. The fourth-order valence-corrected chi connectivity index (χ4v) is 5.56. The van der Waals surface area contributed by atoms with Crippen molar-refractivity contribution in [2.75, 3.05) is 18.5 Å². The predicted molar refractivity (Wildman–Crippen MR) is 110 cm³/mol. The Morgan fingerprint density at radius 1 is 1.21 bits per heavy atom. The van der Waals surface area contributed by atoms with Gasteiger partial charge in [-0.05, 0) is 52.5 Å². The minimum atomic E-state index is -0.447. The summed E-state index contributed by atoms with van der Waals surface area (Å²) in [5.41, 5.74) is 1.04. The van der Waals surface area contributed by atoms with Crippen LogP contribution in [-0.2, 0) is 31.0 Å². The predicted octanol–water partition coefficient (Wildman–Crippen LogP) is 2.20. The van der Waals surface area contributed by atoms with Gasteiger partial charge in [0.25, 0.3) is 5.91 Å². The van der Waals surface area contributed by atoms with Gasteiger partial charge < -0.3 is 20.1 Å². The average Bonchev–Trinajstić information content (AvgIpc) is 3.20. The molecule has 0 unspecified atom stereocenters. The van der Waals surface area contributed by atoms with Crippen LogP contribution in [0.25, 0.3) is 0 Å². The van der Waals surface area contributed by atoms with Crippen molar-refractivity contribution in [3.8, 4) is 0 Å². The number of hydrogen-bond donors (Lipinski definition) is 2. The Labute approximate surface area is 175 Å². The molecule has 1 amide bonds. The summed E-state index contributed by atoms with van der Waals surface area (Å²) in [6.45, 7) is 12.1. The third-order valence-corrected chi connectivity index (χ3v) is 6.95. The molecule has 0 bridgehead atoms. The number of ether oxygens (including phenoxy) is 2. The third kappa shape index (κ3) is 4.64. The fraction of sp³-hybridized carbons (Fsp3) is 0.667. The Morgan fingerprint density at radius 3 is 2.45 bits per heavy atom. The normalized spacial score (nSPS) is 23.7. The van der Waals surface area contributed by atoms with Crippen molar-refractivity contribution < 1.29 is 29.2 Å². The Hall–Kier alpha value is -1.93. The number of nitrogens with one attached hydrogen (secondary N) is 1. The summed E-state index contributed by atoms with van der Waals surface area (Å²) in [6.07, 6.45) is 1.51. The maximum Gasteiger partial charge on any atom is 0.341 e. The number of nitrogens with two attached hydrogens (primary N) is 1. The van der Waals surface area contributed by atoms with E-state index in [2.05, 4.69) is 38.3 Å². The minimum absolute atomic E-state index is 0.0867. The van der Waals surface area contributed by atoms with Gasteiger partial charge in [-0.25, -0.2) is 4.79 Å². The van der Waals surface area contributed by atoms with Gasteiger partial charge in [-0.3, -0.25) is 9.59 Å². The van der Waals surface area contributed by atoms with E-state index in [9.17, 15) is 14.4 Å².